The highest BCUT2D eigenvalue weighted by atomic mass is 79.9. The number of thiazole rings is 1. The predicted molar refractivity (Wildman–Crippen MR) is 122 cm³/mol. The molecule has 6 heteroatoms. The summed E-state index contributed by atoms with van der Waals surface area (Å²) in [6.07, 6.45) is 0.681. The molecule has 0 spiro atoms. The lowest BCUT2D eigenvalue weighted by atomic mass is 10.1. The van der Waals surface area contributed by atoms with Gasteiger partial charge in [-0.3, -0.25) is 9.36 Å². The Hall–Kier alpha value is -2.83. The zero-order valence-corrected chi connectivity index (χ0v) is 17.8. The molecule has 0 aliphatic heterocycles. The van der Waals surface area contributed by atoms with Gasteiger partial charge >= 0.3 is 0 Å². The maximum absolute atomic E-state index is 13.4. The van der Waals surface area contributed by atoms with E-state index in [0.29, 0.717) is 29.7 Å². The van der Waals surface area contributed by atoms with Crippen molar-refractivity contribution >= 4 is 48.4 Å². The maximum atomic E-state index is 13.4. The largest absolute Gasteiger partial charge is 0.292 e. The van der Waals surface area contributed by atoms with Crippen LogP contribution in [0.4, 0.5) is 0 Å². The lowest BCUT2D eigenvalue weighted by Crippen LogP contribution is -2.24. The third-order valence-electron chi connectivity index (χ3n) is 4.84. The molecule has 0 atom stereocenters. The van der Waals surface area contributed by atoms with Crippen LogP contribution in [0.25, 0.3) is 32.5 Å². The minimum absolute atomic E-state index is 0.0312. The molecule has 0 saturated heterocycles. The van der Waals surface area contributed by atoms with Crippen LogP contribution >= 0.6 is 27.3 Å². The Morgan fingerprint density at radius 1 is 0.897 bits per heavy atom. The Kier molecular flexibility index (Phi) is 4.73. The fraction of sp³-hybridized carbons (Fsp3) is 0.0870. The average Bonchev–Trinajstić information content (AvgIpc) is 3.17. The van der Waals surface area contributed by atoms with Gasteiger partial charge in [0.2, 0.25) is 0 Å². The van der Waals surface area contributed by atoms with Crippen LogP contribution in [-0.2, 0) is 13.0 Å². The van der Waals surface area contributed by atoms with Crippen LogP contribution in [0.15, 0.2) is 82.1 Å². The van der Waals surface area contributed by atoms with Gasteiger partial charge < -0.3 is 0 Å². The first-order valence-electron chi connectivity index (χ1n) is 9.29. The van der Waals surface area contributed by atoms with Crippen molar-refractivity contribution in [1.82, 2.24) is 14.5 Å². The second-order valence-electron chi connectivity index (χ2n) is 6.75. The summed E-state index contributed by atoms with van der Waals surface area (Å²) in [5.74, 6) is 0.687. The summed E-state index contributed by atoms with van der Waals surface area (Å²) in [6, 6.07) is 23.6. The third kappa shape index (κ3) is 3.50. The SMILES string of the molecule is O=c1c2cc(Br)ccc2nc(-c2ccccc2)n1CCc1nc2ccccc2s1. The highest BCUT2D eigenvalue weighted by Gasteiger charge is 2.14. The second-order valence-corrected chi connectivity index (χ2v) is 8.78. The molecule has 2 aromatic heterocycles. The van der Waals surface area contributed by atoms with Gasteiger partial charge in [-0.1, -0.05) is 58.4 Å². The molecule has 0 radical (unpaired) electrons. The maximum Gasteiger partial charge on any atom is 0.261 e. The number of aromatic nitrogens is 3. The molecule has 2 heterocycles. The first kappa shape index (κ1) is 18.2. The predicted octanol–water partition coefficient (Wildman–Crippen LogP) is 5.68. The molecule has 0 aliphatic carbocycles. The number of halogens is 1. The van der Waals surface area contributed by atoms with Crippen molar-refractivity contribution < 1.29 is 0 Å². The van der Waals surface area contributed by atoms with Crippen molar-refractivity contribution in [2.75, 3.05) is 0 Å². The number of hydrogen-bond donors (Lipinski definition) is 0. The smallest absolute Gasteiger partial charge is 0.261 e. The lowest BCUT2D eigenvalue weighted by molar-refractivity contribution is 0.670. The molecule has 142 valence electrons. The van der Waals surface area contributed by atoms with E-state index in [1.54, 1.807) is 15.9 Å². The van der Waals surface area contributed by atoms with Crippen molar-refractivity contribution in [3.05, 3.63) is 92.6 Å². The first-order valence-corrected chi connectivity index (χ1v) is 10.9. The number of fused-ring (bicyclic) bond motifs is 2. The summed E-state index contributed by atoms with van der Waals surface area (Å²) < 4.78 is 3.81. The Labute approximate surface area is 179 Å². The lowest BCUT2D eigenvalue weighted by Gasteiger charge is -2.13. The van der Waals surface area contributed by atoms with Gasteiger partial charge in [-0.25, -0.2) is 9.97 Å². The molecule has 0 amide bonds. The molecule has 3 aromatic carbocycles. The number of benzene rings is 3. The van der Waals surface area contributed by atoms with Crippen molar-refractivity contribution in [3.63, 3.8) is 0 Å². The first-order chi connectivity index (χ1) is 14.2. The van der Waals surface area contributed by atoms with Crippen LogP contribution in [0, 0.1) is 0 Å². The summed E-state index contributed by atoms with van der Waals surface area (Å²) in [4.78, 5) is 22.9. The van der Waals surface area contributed by atoms with E-state index < -0.39 is 0 Å². The Morgan fingerprint density at radius 3 is 2.52 bits per heavy atom. The number of hydrogen-bond acceptors (Lipinski definition) is 4. The molecular weight excluding hydrogens is 446 g/mol. The summed E-state index contributed by atoms with van der Waals surface area (Å²) in [6.45, 7) is 0.526. The van der Waals surface area contributed by atoms with E-state index in [9.17, 15) is 4.79 Å². The van der Waals surface area contributed by atoms with Crippen molar-refractivity contribution in [2.45, 2.75) is 13.0 Å². The quantitative estimate of drug-likeness (QED) is 0.345. The highest BCUT2D eigenvalue weighted by Crippen LogP contribution is 2.24. The summed E-state index contributed by atoms with van der Waals surface area (Å²) in [5.41, 5.74) is 2.60. The molecule has 5 rings (SSSR count). The fourth-order valence-electron chi connectivity index (χ4n) is 3.44. The number of para-hydroxylation sites is 1. The average molecular weight is 462 g/mol. The monoisotopic (exact) mass is 461 g/mol. The minimum atomic E-state index is -0.0312. The topological polar surface area (TPSA) is 47.8 Å². The standard InChI is InChI=1S/C23H16BrN3OS/c24-16-10-11-18-17(14-16)23(28)27(22(26-18)15-6-2-1-3-7-15)13-12-21-25-19-8-4-5-9-20(19)29-21/h1-11,14H,12-13H2. The molecule has 29 heavy (non-hydrogen) atoms. The summed E-state index contributed by atoms with van der Waals surface area (Å²) >= 11 is 5.14. The van der Waals surface area contributed by atoms with Crippen molar-refractivity contribution in [1.29, 1.82) is 0 Å². The minimum Gasteiger partial charge on any atom is -0.292 e. The van der Waals surface area contributed by atoms with Crippen LogP contribution in [0.1, 0.15) is 5.01 Å². The van der Waals surface area contributed by atoms with Gasteiger partial charge in [0.15, 0.2) is 0 Å². The third-order valence-corrected chi connectivity index (χ3v) is 6.43. The van der Waals surface area contributed by atoms with Gasteiger partial charge in [0.05, 0.1) is 26.1 Å². The molecule has 0 saturated carbocycles. The van der Waals surface area contributed by atoms with Crippen LogP contribution in [-0.4, -0.2) is 14.5 Å². The second kappa shape index (κ2) is 7.54. The Bertz CT molecular complexity index is 1360. The number of rotatable bonds is 4. The van der Waals surface area contributed by atoms with E-state index in [2.05, 4.69) is 22.0 Å². The number of aryl methyl sites for hydroxylation is 1. The van der Waals surface area contributed by atoms with E-state index in [1.807, 2.05) is 66.7 Å². The molecule has 0 bridgehead atoms. The fourth-order valence-corrected chi connectivity index (χ4v) is 4.76. The molecule has 4 nitrogen and oxygen atoms in total. The van der Waals surface area contributed by atoms with Crippen molar-refractivity contribution in [3.8, 4) is 11.4 Å². The van der Waals surface area contributed by atoms with Gasteiger partial charge in [0, 0.05) is 23.0 Å². The van der Waals surface area contributed by atoms with Crippen molar-refractivity contribution in [2.24, 2.45) is 0 Å². The molecule has 0 unspecified atom stereocenters. The van der Waals surface area contributed by atoms with Crippen LogP contribution in [0.3, 0.4) is 0 Å². The summed E-state index contributed by atoms with van der Waals surface area (Å²) in [5, 5.41) is 1.63. The van der Waals surface area contributed by atoms with Gasteiger partial charge in [-0.05, 0) is 30.3 Å². The summed E-state index contributed by atoms with van der Waals surface area (Å²) in [7, 11) is 0. The van der Waals surface area contributed by atoms with Gasteiger partial charge in [0.1, 0.15) is 5.82 Å². The van der Waals surface area contributed by atoms with Crippen LogP contribution in [0.2, 0.25) is 0 Å². The molecule has 0 fully saturated rings. The van der Waals surface area contributed by atoms with E-state index >= 15 is 0 Å². The zero-order chi connectivity index (χ0) is 19.8. The van der Waals surface area contributed by atoms with Crippen LogP contribution < -0.4 is 5.56 Å². The highest BCUT2D eigenvalue weighted by molar-refractivity contribution is 9.10. The van der Waals surface area contributed by atoms with Gasteiger partial charge in [0.25, 0.3) is 5.56 Å². The normalized spacial score (nSPS) is 11.3. The Balaban J connectivity index is 1.62. The molecular formula is C23H16BrN3OS. The van der Waals surface area contributed by atoms with Gasteiger partial charge in [-0.15, -0.1) is 11.3 Å². The van der Waals surface area contributed by atoms with E-state index in [1.165, 1.54) is 4.70 Å². The van der Waals surface area contributed by atoms with E-state index in [-0.39, 0.29) is 5.56 Å². The Morgan fingerprint density at radius 2 is 1.69 bits per heavy atom. The molecule has 5 aromatic rings. The molecule has 0 N–H and O–H groups in total. The van der Waals surface area contributed by atoms with Crippen LogP contribution in [0.5, 0.6) is 0 Å². The number of nitrogens with zero attached hydrogens (tertiary/aromatic N) is 3. The molecule has 0 aliphatic rings. The van der Waals surface area contributed by atoms with E-state index in [0.717, 1.165) is 20.6 Å². The van der Waals surface area contributed by atoms with E-state index in [4.69, 9.17) is 9.97 Å². The van der Waals surface area contributed by atoms with Gasteiger partial charge in [-0.2, -0.15) is 0 Å². The zero-order valence-electron chi connectivity index (χ0n) is 15.4.